The van der Waals surface area contributed by atoms with Gasteiger partial charge in [0.2, 0.25) is 0 Å². The predicted octanol–water partition coefficient (Wildman–Crippen LogP) is 15.7. The standard InChI is InChI=1S/C59H41N/c1-5-19-42(20-6-1)43-33-35-49(36-34-43)60(58-32-18-17-31-54(58)52-30-16-15-29-51(52)44-21-7-2-8-22-44)50-37-38-53-55-39-45-23-13-14-24-46(45)40-56(55)59(57(53)41-50,47-25-9-3-10-26-47)48-27-11-4-12-28-48/h1-41H. The minimum atomic E-state index is -0.560. The Balaban J connectivity index is 1.19. The van der Waals surface area contributed by atoms with Crippen molar-refractivity contribution in [2.24, 2.45) is 0 Å². The van der Waals surface area contributed by atoms with E-state index in [0.29, 0.717) is 0 Å². The first kappa shape index (κ1) is 35.4. The Bertz CT molecular complexity index is 3080. The van der Waals surface area contributed by atoms with Gasteiger partial charge in [0.25, 0.3) is 0 Å². The summed E-state index contributed by atoms with van der Waals surface area (Å²) < 4.78 is 0. The molecule has 0 amide bonds. The maximum absolute atomic E-state index is 2.48. The van der Waals surface area contributed by atoms with Gasteiger partial charge >= 0.3 is 0 Å². The molecule has 0 aliphatic heterocycles. The Morgan fingerprint density at radius 3 is 1.38 bits per heavy atom. The summed E-state index contributed by atoms with van der Waals surface area (Å²) in [4.78, 5) is 2.46. The molecule has 1 heteroatoms. The van der Waals surface area contributed by atoms with E-state index in [1.807, 2.05) is 0 Å². The molecule has 0 unspecified atom stereocenters. The molecule has 1 aliphatic carbocycles. The number of hydrogen-bond acceptors (Lipinski definition) is 1. The van der Waals surface area contributed by atoms with Crippen LogP contribution in [0.2, 0.25) is 0 Å². The number of benzene rings is 10. The third-order valence-corrected chi connectivity index (χ3v) is 12.3. The van der Waals surface area contributed by atoms with Crippen LogP contribution in [0.3, 0.4) is 0 Å². The van der Waals surface area contributed by atoms with Crippen LogP contribution in [0, 0.1) is 0 Å². The van der Waals surface area contributed by atoms with Crippen molar-refractivity contribution >= 4 is 27.8 Å². The van der Waals surface area contributed by atoms with Crippen molar-refractivity contribution in [2.75, 3.05) is 4.90 Å². The second-order valence-corrected chi connectivity index (χ2v) is 15.6. The quantitative estimate of drug-likeness (QED) is 0.149. The van der Waals surface area contributed by atoms with E-state index < -0.39 is 5.41 Å². The van der Waals surface area contributed by atoms with E-state index in [2.05, 4.69) is 254 Å². The van der Waals surface area contributed by atoms with Gasteiger partial charge in [-0.15, -0.1) is 0 Å². The molecule has 0 radical (unpaired) electrons. The topological polar surface area (TPSA) is 3.24 Å². The SMILES string of the molecule is c1ccc(-c2ccc(N(c3ccc4c(c3)C(c3ccccc3)(c3ccccc3)c3cc5ccccc5cc3-4)c3ccccc3-c3ccccc3-c3ccccc3)cc2)cc1. The Labute approximate surface area is 352 Å². The lowest BCUT2D eigenvalue weighted by atomic mass is 9.67. The molecule has 60 heavy (non-hydrogen) atoms. The van der Waals surface area contributed by atoms with Crippen molar-refractivity contribution in [3.05, 3.63) is 271 Å². The summed E-state index contributed by atoms with van der Waals surface area (Å²) in [6.45, 7) is 0. The molecule has 0 saturated carbocycles. The fraction of sp³-hybridized carbons (Fsp3) is 0.0169. The third-order valence-electron chi connectivity index (χ3n) is 12.3. The number of hydrogen-bond donors (Lipinski definition) is 0. The fourth-order valence-corrected chi connectivity index (χ4v) is 9.64. The van der Waals surface area contributed by atoms with Gasteiger partial charge in [0.1, 0.15) is 0 Å². The summed E-state index contributed by atoms with van der Waals surface area (Å²) in [6, 6.07) is 91.1. The van der Waals surface area contributed by atoms with Gasteiger partial charge in [-0.05, 0) is 114 Å². The van der Waals surface area contributed by atoms with Gasteiger partial charge in [0.05, 0.1) is 11.1 Å². The Kier molecular flexibility index (Phi) is 8.79. The van der Waals surface area contributed by atoms with Crippen LogP contribution in [0.25, 0.3) is 55.3 Å². The van der Waals surface area contributed by atoms with Crippen molar-refractivity contribution in [1.82, 2.24) is 0 Å². The van der Waals surface area contributed by atoms with E-state index in [-0.39, 0.29) is 0 Å². The van der Waals surface area contributed by atoms with Crippen LogP contribution in [0.5, 0.6) is 0 Å². The molecule has 0 N–H and O–H groups in total. The van der Waals surface area contributed by atoms with Crippen molar-refractivity contribution < 1.29 is 0 Å². The van der Waals surface area contributed by atoms with Gasteiger partial charge in [-0.3, -0.25) is 0 Å². The van der Waals surface area contributed by atoms with Crippen LogP contribution in [0.1, 0.15) is 22.3 Å². The van der Waals surface area contributed by atoms with Gasteiger partial charge in [-0.1, -0.05) is 206 Å². The first-order chi connectivity index (χ1) is 29.8. The van der Waals surface area contributed by atoms with Gasteiger partial charge in [-0.25, -0.2) is 0 Å². The highest BCUT2D eigenvalue weighted by Crippen LogP contribution is 2.58. The van der Waals surface area contributed by atoms with Crippen LogP contribution in [0.4, 0.5) is 17.1 Å². The van der Waals surface area contributed by atoms with Crippen molar-refractivity contribution in [2.45, 2.75) is 5.41 Å². The second kappa shape index (κ2) is 14.9. The van der Waals surface area contributed by atoms with E-state index in [1.165, 1.54) is 72.0 Å². The summed E-state index contributed by atoms with van der Waals surface area (Å²) in [6.07, 6.45) is 0. The Hall–Kier alpha value is -7.74. The van der Waals surface area contributed by atoms with E-state index in [0.717, 1.165) is 22.6 Å². The average Bonchev–Trinajstić information content (AvgIpc) is 3.61. The summed E-state index contributed by atoms with van der Waals surface area (Å²) in [5.41, 5.74) is 17.5. The molecule has 0 heterocycles. The molecule has 0 saturated heterocycles. The van der Waals surface area contributed by atoms with Crippen LogP contribution in [-0.4, -0.2) is 0 Å². The number of para-hydroxylation sites is 1. The summed E-state index contributed by atoms with van der Waals surface area (Å²) >= 11 is 0. The van der Waals surface area contributed by atoms with E-state index >= 15 is 0 Å². The molecule has 11 rings (SSSR count). The third kappa shape index (κ3) is 5.86. The zero-order valence-corrected chi connectivity index (χ0v) is 33.1. The molecule has 0 aromatic heterocycles. The molecule has 0 bridgehead atoms. The highest BCUT2D eigenvalue weighted by atomic mass is 15.1. The lowest BCUT2D eigenvalue weighted by Crippen LogP contribution is -2.28. The number of anilines is 3. The first-order valence-electron chi connectivity index (χ1n) is 20.8. The smallest absolute Gasteiger partial charge is 0.0714 e. The fourth-order valence-electron chi connectivity index (χ4n) is 9.64. The minimum absolute atomic E-state index is 0.560. The van der Waals surface area contributed by atoms with Crippen molar-refractivity contribution in [1.29, 1.82) is 0 Å². The number of fused-ring (bicyclic) bond motifs is 4. The lowest BCUT2D eigenvalue weighted by Gasteiger charge is -2.35. The molecular formula is C59H41N. The van der Waals surface area contributed by atoms with E-state index in [4.69, 9.17) is 0 Å². The molecule has 10 aromatic carbocycles. The Morgan fingerprint density at radius 2 is 0.733 bits per heavy atom. The van der Waals surface area contributed by atoms with Crippen LogP contribution < -0.4 is 4.90 Å². The van der Waals surface area contributed by atoms with E-state index in [9.17, 15) is 0 Å². The zero-order chi connectivity index (χ0) is 39.9. The number of rotatable bonds is 8. The van der Waals surface area contributed by atoms with Crippen LogP contribution in [-0.2, 0) is 5.41 Å². The first-order valence-corrected chi connectivity index (χ1v) is 20.8. The molecule has 1 aliphatic rings. The molecule has 0 atom stereocenters. The van der Waals surface area contributed by atoms with Gasteiger partial charge in [0.15, 0.2) is 0 Å². The molecule has 1 nitrogen and oxygen atoms in total. The van der Waals surface area contributed by atoms with Crippen LogP contribution >= 0.6 is 0 Å². The van der Waals surface area contributed by atoms with E-state index in [1.54, 1.807) is 0 Å². The summed E-state index contributed by atoms with van der Waals surface area (Å²) in [7, 11) is 0. The van der Waals surface area contributed by atoms with Gasteiger partial charge in [-0.2, -0.15) is 0 Å². The normalized spacial score (nSPS) is 12.5. The monoisotopic (exact) mass is 763 g/mol. The summed E-state index contributed by atoms with van der Waals surface area (Å²) in [5.74, 6) is 0. The molecular weight excluding hydrogens is 723 g/mol. The highest BCUT2D eigenvalue weighted by Gasteiger charge is 2.46. The van der Waals surface area contributed by atoms with Crippen LogP contribution in [0.15, 0.2) is 249 Å². The summed E-state index contributed by atoms with van der Waals surface area (Å²) in [5, 5.41) is 2.49. The minimum Gasteiger partial charge on any atom is -0.310 e. The number of nitrogens with zero attached hydrogens (tertiary/aromatic N) is 1. The second-order valence-electron chi connectivity index (χ2n) is 15.6. The predicted molar refractivity (Wildman–Crippen MR) is 252 cm³/mol. The zero-order valence-electron chi connectivity index (χ0n) is 33.1. The molecule has 0 fully saturated rings. The maximum atomic E-state index is 2.48. The lowest BCUT2D eigenvalue weighted by molar-refractivity contribution is 0.769. The van der Waals surface area contributed by atoms with Gasteiger partial charge < -0.3 is 4.90 Å². The Morgan fingerprint density at radius 1 is 0.267 bits per heavy atom. The molecule has 10 aromatic rings. The average molecular weight is 764 g/mol. The largest absolute Gasteiger partial charge is 0.310 e. The van der Waals surface area contributed by atoms with Crippen molar-refractivity contribution in [3.8, 4) is 44.5 Å². The van der Waals surface area contributed by atoms with Crippen molar-refractivity contribution in [3.63, 3.8) is 0 Å². The van der Waals surface area contributed by atoms with Gasteiger partial charge in [0, 0.05) is 16.9 Å². The highest BCUT2D eigenvalue weighted by molar-refractivity contribution is 5.98. The molecule has 282 valence electrons. The maximum Gasteiger partial charge on any atom is 0.0714 e. The molecule has 0 spiro atoms.